The summed E-state index contributed by atoms with van der Waals surface area (Å²) in [5, 5.41) is 13.6. The molecule has 2 amide bonds. The summed E-state index contributed by atoms with van der Waals surface area (Å²) in [7, 11) is 1.64. The number of hydrogen-bond donors (Lipinski definition) is 1. The lowest BCUT2D eigenvalue weighted by Crippen LogP contribution is -2.33. The zero-order valence-electron chi connectivity index (χ0n) is 15.9. The van der Waals surface area contributed by atoms with E-state index in [1.807, 2.05) is 30.3 Å². The fourth-order valence-corrected chi connectivity index (χ4v) is 2.60. The first-order chi connectivity index (χ1) is 13.4. The standard InChI is InChI=1S/C21H23N3O4/c1-16(18-9-6-10-19(15-18)24(27)28)23(2)21(26)13-14-22-20(25)12-11-17-7-4-3-5-8-17/h3-12,15-16H,13-14H2,1-2H3,(H,22,25)/b12-11+. The van der Waals surface area contributed by atoms with Crippen LogP contribution >= 0.6 is 0 Å². The molecular formula is C21H23N3O4. The molecule has 7 heteroatoms. The minimum absolute atomic E-state index is 0.0114. The molecule has 1 unspecified atom stereocenters. The Kier molecular flexibility index (Phi) is 7.45. The zero-order valence-corrected chi connectivity index (χ0v) is 15.9. The average Bonchev–Trinajstić information content (AvgIpc) is 2.71. The van der Waals surface area contributed by atoms with E-state index in [4.69, 9.17) is 0 Å². The Morgan fingerprint density at radius 2 is 1.89 bits per heavy atom. The molecule has 1 N–H and O–H groups in total. The van der Waals surface area contributed by atoms with Gasteiger partial charge in [-0.25, -0.2) is 0 Å². The molecule has 0 saturated heterocycles. The number of carbonyl (C=O) groups is 2. The second kappa shape index (κ2) is 10.0. The number of benzene rings is 2. The maximum Gasteiger partial charge on any atom is 0.269 e. The predicted molar refractivity (Wildman–Crippen MR) is 107 cm³/mol. The van der Waals surface area contributed by atoms with Crippen LogP contribution in [-0.2, 0) is 9.59 Å². The van der Waals surface area contributed by atoms with E-state index >= 15 is 0 Å². The molecule has 0 aliphatic rings. The van der Waals surface area contributed by atoms with E-state index < -0.39 is 4.92 Å². The monoisotopic (exact) mass is 381 g/mol. The Bertz CT molecular complexity index is 865. The van der Waals surface area contributed by atoms with Crippen LogP contribution in [0.25, 0.3) is 6.08 Å². The fraction of sp³-hybridized carbons (Fsp3) is 0.238. The van der Waals surface area contributed by atoms with Gasteiger partial charge in [0.1, 0.15) is 0 Å². The van der Waals surface area contributed by atoms with Gasteiger partial charge in [-0.1, -0.05) is 42.5 Å². The van der Waals surface area contributed by atoms with E-state index in [2.05, 4.69) is 5.32 Å². The molecule has 0 fully saturated rings. The van der Waals surface area contributed by atoms with Gasteiger partial charge in [0.15, 0.2) is 0 Å². The van der Waals surface area contributed by atoms with Gasteiger partial charge in [-0.2, -0.15) is 0 Å². The molecule has 0 spiro atoms. The number of amides is 2. The first-order valence-corrected chi connectivity index (χ1v) is 8.89. The van der Waals surface area contributed by atoms with Crippen molar-refractivity contribution in [2.75, 3.05) is 13.6 Å². The van der Waals surface area contributed by atoms with E-state index in [9.17, 15) is 19.7 Å². The summed E-state index contributed by atoms with van der Waals surface area (Å²) in [6.07, 6.45) is 3.27. The van der Waals surface area contributed by atoms with Crippen molar-refractivity contribution in [3.8, 4) is 0 Å². The average molecular weight is 381 g/mol. The largest absolute Gasteiger partial charge is 0.352 e. The summed E-state index contributed by atoms with van der Waals surface area (Å²) in [6.45, 7) is 2.01. The Labute approximate surface area is 163 Å². The molecule has 2 aromatic carbocycles. The SMILES string of the molecule is CC(c1cccc([N+](=O)[O-])c1)N(C)C(=O)CCNC(=O)/C=C/c1ccccc1. The molecule has 2 rings (SSSR count). The van der Waals surface area contributed by atoms with Gasteiger partial charge in [-0.05, 0) is 24.1 Å². The van der Waals surface area contributed by atoms with Gasteiger partial charge in [-0.15, -0.1) is 0 Å². The zero-order chi connectivity index (χ0) is 20.5. The molecule has 1 atom stereocenters. The Hall–Kier alpha value is -3.48. The second-order valence-electron chi connectivity index (χ2n) is 6.32. The summed E-state index contributed by atoms with van der Waals surface area (Å²) in [4.78, 5) is 36.2. The van der Waals surface area contributed by atoms with Crippen molar-refractivity contribution >= 4 is 23.6 Å². The van der Waals surface area contributed by atoms with Crippen LogP contribution in [0.15, 0.2) is 60.7 Å². The van der Waals surface area contributed by atoms with Crippen molar-refractivity contribution in [2.24, 2.45) is 0 Å². The predicted octanol–water partition coefficient (Wildman–Crippen LogP) is 3.33. The van der Waals surface area contributed by atoms with Crippen LogP contribution in [0.4, 0.5) is 5.69 Å². The lowest BCUT2D eigenvalue weighted by atomic mass is 10.1. The molecule has 146 valence electrons. The van der Waals surface area contributed by atoms with Crippen LogP contribution in [0.1, 0.15) is 30.5 Å². The van der Waals surface area contributed by atoms with Gasteiger partial charge in [-0.3, -0.25) is 19.7 Å². The smallest absolute Gasteiger partial charge is 0.269 e. The third-order valence-corrected chi connectivity index (χ3v) is 4.40. The highest BCUT2D eigenvalue weighted by Gasteiger charge is 2.19. The van der Waals surface area contributed by atoms with Crippen LogP contribution in [0.5, 0.6) is 0 Å². The molecule has 7 nitrogen and oxygen atoms in total. The summed E-state index contributed by atoms with van der Waals surface area (Å²) in [5.74, 6) is -0.433. The summed E-state index contributed by atoms with van der Waals surface area (Å²) in [6, 6.07) is 15.3. The van der Waals surface area contributed by atoms with Crippen molar-refractivity contribution < 1.29 is 14.5 Å². The van der Waals surface area contributed by atoms with Crippen molar-refractivity contribution in [1.29, 1.82) is 0 Å². The van der Waals surface area contributed by atoms with Gasteiger partial charge in [0, 0.05) is 38.2 Å². The number of rotatable bonds is 8. The number of nitrogens with zero attached hydrogens (tertiary/aromatic N) is 2. The topological polar surface area (TPSA) is 92.6 Å². The maximum atomic E-state index is 12.4. The molecule has 28 heavy (non-hydrogen) atoms. The number of carbonyl (C=O) groups excluding carboxylic acids is 2. The van der Waals surface area contributed by atoms with E-state index in [1.54, 1.807) is 32.2 Å². The maximum absolute atomic E-state index is 12.4. The highest BCUT2D eigenvalue weighted by atomic mass is 16.6. The number of nitrogens with one attached hydrogen (secondary N) is 1. The number of hydrogen-bond acceptors (Lipinski definition) is 4. The van der Waals surface area contributed by atoms with Crippen molar-refractivity contribution in [3.05, 3.63) is 81.9 Å². The van der Waals surface area contributed by atoms with Crippen molar-refractivity contribution in [3.63, 3.8) is 0 Å². The summed E-state index contributed by atoms with van der Waals surface area (Å²) >= 11 is 0. The first kappa shape index (κ1) is 20.8. The molecular weight excluding hydrogens is 358 g/mol. The Morgan fingerprint density at radius 1 is 1.18 bits per heavy atom. The first-order valence-electron chi connectivity index (χ1n) is 8.89. The minimum Gasteiger partial charge on any atom is -0.352 e. The second-order valence-corrected chi connectivity index (χ2v) is 6.32. The summed E-state index contributed by atoms with van der Waals surface area (Å²) < 4.78 is 0. The third kappa shape index (κ3) is 6.05. The van der Waals surface area contributed by atoms with Gasteiger partial charge >= 0.3 is 0 Å². The van der Waals surface area contributed by atoms with E-state index in [0.717, 1.165) is 5.56 Å². The van der Waals surface area contributed by atoms with E-state index in [1.165, 1.54) is 23.1 Å². The summed E-state index contributed by atoms with van der Waals surface area (Å²) in [5.41, 5.74) is 1.58. The van der Waals surface area contributed by atoms with Gasteiger partial charge in [0.25, 0.3) is 5.69 Å². The number of nitro groups is 1. The normalized spacial score (nSPS) is 11.8. The van der Waals surface area contributed by atoms with Crippen LogP contribution in [0.2, 0.25) is 0 Å². The number of nitro benzene ring substituents is 1. The van der Waals surface area contributed by atoms with Gasteiger partial charge < -0.3 is 10.2 Å². The Morgan fingerprint density at radius 3 is 2.57 bits per heavy atom. The van der Waals surface area contributed by atoms with E-state index in [0.29, 0.717) is 5.56 Å². The molecule has 0 aliphatic carbocycles. The van der Waals surface area contributed by atoms with Crippen LogP contribution in [0, 0.1) is 10.1 Å². The molecule has 0 aromatic heterocycles. The third-order valence-electron chi connectivity index (χ3n) is 4.40. The molecule has 0 heterocycles. The van der Waals surface area contributed by atoms with Crippen molar-refractivity contribution in [2.45, 2.75) is 19.4 Å². The molecule has 0 bridgehead atoms. The van der Waals surface area contributed by atoms with Gasteiger partial charge in [0.05, 0.1) is 11.0 Å². The van der Waals surface area contributed by atoms with Crippen LogP contribution in [-0.4, -0.2) is 35.2 Å². The van der Waals surface area contributed by atoms with Crippen LogP contribution in [0.3, 0.4) is 0 Å². The highest BCUT2D eigenvalue weighted by Crippen LogP contribution is 2.23. The Balaban J connectivity index is 1.83. The molecule has 0 saturated carbocycles. The van der Waals surface area contributed by atoms with Crippen LogP contribution < -0.4 is 5.32 Å². The number of non-ortho nitro benzene ring substituents is 1. The molecule has 2 aromatic rings. The molecule has 0 aliphatic heterocycles. The minimum atomic E-state index is -0.462. The fourth-order valence-electron chi connectivity index (χ4n) is 2.60. The molecule has 0 radical (unpaired) electrons. The lowest BCUT2D eigenvalue weighted by Gasteiger charge is -2.25. The quantitative estimate of drug-likeness (QED) is 0.431. The highest BCUT2D eigenvalue weighted by molar-refractivity contribution is 5.92. The van der Waals surface area contributed by atoms with Crippen molar-refractivity contribution in [1.82, 2.24) is 10.2 Å². The van der Waals surface area contributed by atoms with E-state index in [-0.39, 0.29) is 36.5 Å². The van der Waals surface area contributed by atoms with Gasteiger partial charge in [0.2, 0.25) is 11.8 Å². The lowest BCUT2D eigenvalue weighted by molar-refractivity contribution is -0.384.